The maximum Gasteiger partial charge on any atom is 0.326 e. The predicted molar refractivity (Wildman–Crippen MR) is 89.1 cm³/mol. The van der Waals surface area contributed by atoms with Crippen molar-refractivity contribution in [2.24, 2.45) is 5.92 Å². The summed E-state index contributed by atoms with van der Waals surface area (Å²) in [5.74, 6) is -1.17. The molecule has 0 spiro atoms. The number of carboxylic acids is 1. The first-order valence-corrected chi connectivity index (χ1v) is 8.43. The van der Waals surface area contributed by atoms with E-state index in [9.17, 15) is 19.1 Å². The zero-order valence-corrected chi connectivity index (χ0v) is 14.0. The number of nitrogens with zero attached hydrogens (tertiary/aromatic N) is 1. The molecular weight excluding hydrogens is 311 g/mol. The van der Waals surface area contributed by atoms with Crippen molar-refractivity contribution in [3.63, 3.8) is 0 Å². The third kappa shape index (κ3) is 5.92. The van der Waals surface area contributed by atoms with Gasteiger partial charge in [0.05, 0.1) is 0 Å². The average Bonchev–Trinajstić information content (AvgIpc) is 2.52. The molecule has 1 amide bonds. The van der Waals surface area contributed by atoms with E-state index in [0.717, 1.165) is 19.5 Å². The van der Waals surface area contributed by atoms with Gasteiger partial charge in [0.2, 0.25) is 5.91 Å². The zero-order valence-electron chi connectivity index (χ0n) is 14.0. The van der Waals surface area contributed by atoms with E-state index in [1.165, 1.54) is 24.6 Å². The van der Waals surface area contributed by atoms with Crippen LogP contribution in [0.2, 0.25) is 0 Å². The normalized spacial score (nSPS) is 19.7. The van der Waals surface area contributed by atoms with Gasteiger partial charge in [0, 0.05) is 25.9 Å². The molecule has 1 heterocycles. The fourth-order valence-electron chi connectivity index (χ4n) is 3.12. The number of hydrogen-bond acceptors (Lipinski definition) is 3. The van der Waals surface area contributed by atoms with Crippen molar-refractivity contribution in [1.29, 1.82) is 0 Å². The van der Waals surface area contributed by atoms with E-state index in [2.05, 4.69) is 17.1 Å². The molecule has 0 aliphatic carbocycles. The first-order valence-electron chi connectivity index (χ1n) is 8.43. The molecule has 24 heavy (non-hydrogen) atoms. The summed E-state index contributed by atoms with van der Waals surface area (Å²) < 4.78 is 13.2. The van der Waals surface area contributed by atoms with Crippen LogP contribution in [0.1, 0.15) is 31.7 Å². The summed E-state index contributed by atoms with van der Waals surface area (Å²) in [7, 11) is 0. The first-order chi connectivity index (χ1) is 11.4. The predicted octanol–water partition coefficient (Wildman–Crippen LogP) is 2.06. The fourth-order valence-corrected chi connectivity index (χ4v) is 3.12. The summed E-state index contributed by atoms with van der Waals surface area (Å²) >= 11 is 0. The van der Waals surface area contributed by atoms with Crippen LogP contribution in [0, 0.1) is 11.7 Å². The molecule has 5 nitrogen and oxygen atoms in total. The van der Waals surface area contributed by atoms with Gasteiger partial charge < -0.3 is 15.3 Å². The molecule has 2 unspecified atom stereocenters. The van der Waals surface area contributed by atoms with Crippen LogP contribution in [0.25, 0.3) is 0 Å². The van der Waals surface area contributed by atoms with E-state index in [1.54, 1.807) is 6.07 Å². The van der Waals surface area contributed by atoms with Gasteiger partial charge in [0.1, 0.15) is 11.9 Å². The number of rotatable bonds is 7. The van der Waals surface area contributed by atoms with Gasteiger partial charge in [-0.15, -0.1) is 0 Å². The second kappa shape index (κ2) is 8.78. The lowest BCUT2D eigenvalue weighted by atomic mass is 10.0. The van der Waals surface area contributed by atoms with Crippen molar-refractivity contribution in [2.75, 3.05) is 19.6 Å². The van der Waals surface area contributed by atoms with E-state index in [0.29, 0.717) is 18.0 Å². The van der Waals surface area contributed by atoms with Crippen molar-refractivity contribution in [3.05, 3.63) is 35.6 Å². The molecule has 0 bridgehead atoms. The van der Waals surface area contributed by atoms with E-state index in [1.807, 2.05) is 0 Å². The van der Waals surface area contributed by atoms with Gasteiger partial charge in [-0.25, -0.2) is 9.18 Å². The number of carboxylic acid groups (broad SMARTS) is 1. The quantitative estimate of drug-likeness (QED) is 0.800. The minimum atomic E-state index is -1.11. The Morgan fingerprint density at radius 3 is 2.92 bits per heavy atom. The van der Waals surface area contributed by atoms with Gasteiger partial charge in [-0.2, -0.15) is 0 Å². The molecule has 0 saturated carbocycles. The molecule has 1 aromatic carbocycles. The molecule has 0 radical (unpaired) electrons. The van der Waals surface area contributed by atoms with Gasteiger partial charge in [0.25, 0.3) is 0 Å². The Morgan fingerprint density at radius 2 is 2.25 bits per heavy atom. The molecule has 1 aliphatic rings. The van der Waals surface area contributed by atoms with Gasteiger partial charge in [-0.3, -0.25) is 4.79 Å². The molecular formula is C18H25FN2O3. The highest BCUT2D eigenvalue weighted by atomic mass is 19.1. The number of aliphatic carboxylic acids is 1. The molecule has 2 N–H and O–H groups in total. The Bertz CT molecular complexity index is 579. The Hall–Kier alpha value is -1.95. The third-order valence-electron chi connectivity index (χ3n) is 4.36. The monoisotopic (exact) mass is 336 g/mol. The zero-order chi connectivity index (χ0) is 17.5. The Labute approximate surface area is 141 Å². The number of nitrogens with one attached hydrogen (secondary N) is 1. The van der Waals surface area contributed by atoms with Crippen molar-refractivity contribution in [3.8, 4) is 0 Å². The van der Waals surface area contributed by atoms with Gasteiger partial charge in [-0.05, 0) is 43.0 Å². The van der Waals surface area contributed by atoms with Crippen LogP contribution in [0.15, 0.2) is 24.3 Å². The minimum absolute atomic E-state index is 0.0690. The number of carbonyl (C=O) groups excluding carboxylic acids is 1. The minimum Gasteiger partial charge on any atom is -0.480 e. The van der Waals surface area contributed by atoms with Crippen LogP contribution in [-0.4, -0.2) is 47.6 Å². The molecule has 6 heteroatoms. The largest absolute Gasteiger partial charge is 0.480 e. The third-order valence-corrected chi connectivity index (χ3v) is 4.36. The van der Waals surface area contributed by atoms with Crippen LogP contribution >= 0.6 is 0 Å². The summed E-state index contributed by atoms with van der Waals surface area (Å²) in [6.45, 7) is 4.82. The van der Waals surface area contributed by atoms with Gasteiger partial charge in [0.15, 0.2) is 0 Å². The van der Waals surface area contributed by atoms with E-state index in [-0.39, 0.29) is 18.7 Å². The fraction of sp³-hybridized carbons (Fsp3) is 0.556. The first kappa shape index (κ1) is 18.4. The molecule has 0 aromatic heterocycles. The summed E-state index contributed by atoms with van der Waals surface area (Å²) in [6, 6.07) is 4.73. The molecule has 1 fully saturated rings. The molecule has 1 saturated heterocycles. The number of piperidine rings is 1. The van der Waals surface area contributed by atoms with E-state index < -0.39 is 17.8 Å². The second-order valence-electron chi connectivity index (χ2n) is 6.59. The van der Waals surface area contributed by atoms with Crippen LogP contribution in [0.3, 0.4) is 0 Å². The topological polar surface area (TPSA) is 69.6 Å². The van der Waals surface area contributed by atoms with Crippen LogP contribution in [-0.2, 0) is 16.0 Å². The Balaban J connectivity index is 1.83. The van der Waals surface area contributed by atoms with Crippen molar-refractivity contribution < 1.29 is 19.1 Å². The summed E-state index contributed by atoms with van der Waals surface area (Å²) in [4.78, 5) is 25.7. The van der Waals surface area contributed by atoms with Gasteiger partial charge >= 0.3 is 5.97 Å². The summed E-state index contributed by atoms with van der Waals surface area (Å²) in [5, 5.41) is 11.8. The molecule has 1 aliphatic heterocycles. The van der Waals surface area contributed by atoms with E-state index >= 15 is 0 Å². The summed E-state index contributed by atoms with van der Waals surface area (Å²) in [5.41, 5.74) is 0.549. The molecule has 2 atom stereocenters. The smallest absolute Gasteiger partial charge is 0.326 e. The number of benzene rings is 1. The molecule has 132 valence electrons. The average molecular weight is 336 g/mol. The lowest BCUT2D eigenvalue weighted by Gasteiger charge is -2.30. The standard InChI is InChI=1S/C18H25FN2O3/c1-13-4-3-8-21(12-13)9-7-17(22)20-16(18(23)24)11-14-5-2-6-15(19)10-14/h2,5-6,10,13,16H,3-4,7-9,11-12H2,1H3,(H,20,22)(H,23,24). The highest BCUT2D eigenvalue weighted by molar-refractivity contribution is 5.83. The number of likely N-dealkylation sites (tertiary alicyclic amines) is 1. The Morgan fingerprint density at radius 1 is 1.46 bits per heavy atom. The number of amides is 1. The number of hydrogen-bond donors (Lipinski definition) is 2. The molecule has 1 aromatic rings. The lowest BCUT2D eigenvalue weighted by Crippen LogP contribution is -2.44. The number of carbonyl (C=O) groups is 2. The Kier molecular flexibility index (Phi) is 6.73. The maximum atomic E-state index is 13.2. The highest BCUT2D eigenvalue weighted by Crippen LogP contribution is 2.15. The number of halogens is 1. The van der Waals surface area contributed by atoms with Gasteiger partial charge in [-0.1, -0.05) is 19.1 Å². The highest BCUT2D eigenvalue weighted by Gasteiger charge is 2.22. The van der Waals surface area contributed by atoms with Crippen molar-refractivity contribution >= 4 is 11.9 Å². The van der Waals surface area contributed by atoms with Crippen molar-refractivity contribution in [2.45, 2.75) is 38.6 Å². The second-order valence-corrected chi connectivity index (χ2v) is 6.59. The van der Waals surface area contributed by atoms with Crippen LogP contribution in [0.5, 0.6) is 0 Å². The summed E-state index contributed by atoms with van der Waals surface area (Å²) in [6.07, 6.45) is 2.71. The van der Waals surface area contributed by atoms with Crippen molar-refractivity contribution in [1.82, 2.24) is 10.2 Å². The van der Waals surface area contributed by atoms with Crippen LogP contribution < -0.4 is 5.32 Å². The molecule has 2 rings (SSSR count). The SMILES string of the molecule is CC1CCCN(CCC(=O)NC(Cc2cccc(F)c2)C(=O)O)C1. The van der Waals surface area contributed by atoms with E-state index in [4.69, 9.17) is 0 Å². The maximum absolute atomic E-state index is 13.2. The van der Waals surface area contributed by atoms with Crippen LogP contribution in [0.4, 0.5) is 4.39 Å². The lowest BCUT2D eigenvalue weighted by molar-refractivity contribution is -0.141.